The highest BCUT2D eigenvalue weighted by Gasteiger charge is 2.31. The SMILES string of the molecule is Cc1cc(S(N)(=O)=O)ccc1CNC(=O)N1CC(C)CC(C(=O)O)C1. The van der Waals surface area contributed by atoms with Crippen molar-refractivity contribution in [1.82, 2.24) is 10.2 Å². The molecule has 2 rings (SSSR count). The maximum absolute atomic E-state index is 12.3. The van der Waals surface area contributed by atoms with Gasteiger partial charge in [-0.3, -0.25) is 4.79 Å². The molecule has 1 fully saturated rings. The Morgan fingerprint density at radius 2 is 2.04 bits per heavy atom. The number of hydrogen-bond donors (Lipinski definition) is 3. The van der Waals surface area contributed by atoms with Gasteiger partial charge in [0, 0.05) is 19.6 Å². The number of nitrogens with two attached hydrogens (primary N) is 1. The molecule has 1 aromatic rings. The van der Waals surface area contributed by atoms with Crippen LogP contribution in [0.3, 0.4) is 0 Å². The number of nitrogens with one attached hydrogen (secondary N) is 1. The molecule has 0 saturated carbocycles. The molecule has 2 unspecified atom stereocenters. The molecular formula is C16H23N3O5S. The number of likely N-dealkylation sites (tertiary alicyclic amines) is 1. The number of rotatable bonds is 4. The molecular weight excluding hydrogens is 346 g/mol. The lowest BCUT2D eigenvalue weighted by Gasteiger charge is -2.34. The summed E-state index contributed by atoms with van der Waals surface area (Å²) in [4.78, 5) is 25.1. The number of piperidine rings is 1. The Balaban J connectivity index is 2.01. The van der Waals surface area contributed by atoms with Crippen molar-refractivity contribution in [3.05, 3.63) is 29.3 Å². The molecule has 0 aliphatic carbocycles. The molecule has 2 amide bonds. The first-order chi connectivity index (χ1) is 11.6. The minimum absolute atomic E-state index is 0.0224. The molecule has 1 heterocycles. The van der Waals surface area contributed by atoms with Gasteiger partial charge in [0.15, 0.2) is 0 Å². The average Bonchev–Trinajstić information content (AvgIpc) is 2.51. The van der Waals surface area contributed by atoms with E-state index in [1.54, 1.807) is 13.0 Å². The number of carboxylic acids is 1. The third-order valence-electron chi connectivity index (χ3n) is 4.37. The van der Waals surface area contributed by atoms with E-state index in [9.17, 15) is 23.1 Å². The standard InChI is InChI=1S/C16H23N3O5S/c1-10-5-13(15(20)21)9-19(8-10)16(22)18-7-12-3-4-14(6-11(12)2)25(17,23)24/h3-4,6,10,13H,5,7-9H2,1-2H3,(H,18,22)(H,20,21)(H2,17,23,24). The van der Waals surface area contributed by atoms with E-state index in [-0.39, 0.29) is 29.9 Å². The number of benzene rings is 1. The van der Waals surface area contributed by atoms with Gasteiger partial charge in [0.1, 0.15) is 0 Å². The Labute approximate surface area is 147 Å². The first kappa shape index (κ1) is 19.2. The Kier molecular flexibility index (Phi) is 5.69. The number of hydrogen-bond acceptors (Lipinski definition) is 4. The Morgan fingerprint density at radius 1 is 1.36 bits per heavy atom. The van der Waals surface area contributed by atoms with Crippen LogP contribution in [-0.4, -0.2) is 43.5 Å². The maximum Gasteiger partial charge on any atom is 0.317 e. The molecule has 1 aliphatic rings. The van der Waals surface area contributed by atoms with E-state index >= 15 is 0 Å². The predicted octanol–water partition coefficient (Wildman–Crippen LogP) is 0.895. The number of amides is 2. The summed E-state index contributed by atoms with van der Waals surface area (Å²) >= 11 is 0. The van der Waals surface area contributed by atoms with Gasteiger partial charge in [-0.25, -0.2) is 18.4 Å². The van der Waals surface area contributed by atoms with E-state index in [0.717, 1.165) is 5.56 Å². The number of primary sulfonamides is 1. The van der Waals surface area contributed by atoms with Crippen molar-refractivity contribution in [2.24, 2.45) is 17.0 Å². The fourth-order valence-corrected chi connectivity index (χ4v) is 3.62. The quantitative estimate of drug-likeness (QED) is 0.726. The van der Waals surface area contributed by atoms with E-state index in [0.29, 0.717) is 18.5 Å². The van der Waals surface area contributed by atoms with Gasteiger partial charge >= 0.3 is 12.0 Å². The molecule has 0 radical (unpaired) electrons. The smallest absolute Gasteiger partial charge is 0.317 e. The van der Waals surface area contributed by atoms with Crippen molar-refractivity contribution in [3.8, 4) is 0 Å². The topological polar surface area (TPSA) is 130 Å². The minimum Gasteiger partial charge on any atom is -0.481 e. The van der Waals surface area contributed by atoms with E-state index in [2.05, 4.69) is 5.32 Å². The number of sulfonamides is 1. The Bertz CT molecular complexity index is 778. The van der Waals surface area contributed by atoms with Gasteiger partial charge in [-0.05, 0) is 42.5 Å². The molecule has 0 bridgehead atoms. The highest BCUT2D eigenvalue weighted by atomic mass is 32.2. The average molecular weight is 369 g/mol. The molecule has 0 spiro atoms. The summed E-state index contributed by atoms with van der Waals surface area (Å²) < 4.78 is 22.7. The summed E-state index contributed by atoms with van der Waals surface area (Å²) in [6.45, 7) is 4.58. The second kappa shape index (κ2) is 7.40. The molecule has 9 heteroatoms. The summed E-state index contributed by atoms with van der Waals surface area (Å²) in [5.41, 5.74) is 1.46. The van der Waals surface area contributed by atoms with Crippen molar-refractivity contribution < 1.29 is 23.1 Å². The highest BCUT2D eigenvalue weighted by molar-refractivity contribution is 7.89. The molecule has 0 aromatic heterocycles. The second-order valence-corrected chi connectivity index (χ2v) is 8.13. The third kappa shape index (κ3) is 4.93. The van der Waals surface area contributed by atoms with E-state index < -0.39 is 21.9 Å². The molecule has 2 atom stereocenters. The molecule has 138 valence electrons. The van der Waals surface area contributed by atoms with Crippen LogP contribution in [-0.2, 0) is 21.4 Å². The van der Waals surface area contributed by atoms with Gasteiger partial charge < -0.3 is 15.3 Å². The Morgan fingerprint density at radius 3 is 2.60 bits per heavy atom. The van der Waals surface area contributed by atoms with Gasteiger partial charge in [0.25, 0.3) is 0 Å². The van der Waals surface area contributed by atoms with Crippen molar-refractivity contribution in [1.29, 1.82) is 0 Å². The second-order valence-electron chi connectivity index (χ2n) is 6.57. The van der Waals surface area contributed by atoms with Gasteiger partial charge in [0.2, 0.25) is 10.0 Å². The summed E-state index contributed by atoms with van der Waals surface area (Å²) in [5, 5.41) is 17.0. The fraction of sp³-hybridized carbons (Fsp3) is 0.500. The summed E-state index contributed by atoms with van der Waals surface area (Å²) in [6.07, 6.45) is 0.563. The van der Waals surface area contributed by atoms with E-state index in [1.165, 1.54) is 17.0 Å². The predicted molar refractivity (Wildman–Crippen MR) is 91.3 cm³/mol. The van der Waals surface area contributed by atoms with Crippen LogP contribution in [0.2, 0.25) is 0 Å². The third-order valence-corrected chi connectivity index (χ3v) is 5.28. The van der Waals surface area contributed by atoms with Crippen LogP contribution in [0, 0.1) is 18.8 Å². The van der Waals surface area contributed by atoms with Gasteiger partial charge in [-0.15, -0.1) is 0 Å². The number of carboxylic acid groups (broad SMARTS) is 1. The minimum atomic E-state index is -3.76. The number of carbonyl (C=O) groups excluding carboxylic acids is 1. The van der Waals surface area contributed by atoms with Gasteiger partial charge in [0.05, 0.1) is 10.8 Å². The van der Waals surface area contributed by atoms with Crippen LogP contribution in [0.1, 0.15) is 24.5 Å². The van der Waals surface area contributed by atoms with E-state index in [1.807, 2.05) is 6.92 Å². The largest absolute Gasteiger partial charge is 0.481 e. The van der Waals surface area contributed by atoms with Crippen molar-refractivity contribution in [3.63, 3.8) is 0 Å². The number of aliphatic carboxylic acids is 1. The fourth-order valence-electron chi connectivity index (χ4n) is 3.02. The molecule has 25 heavy (non-hydrogen) atoms. The van der Waals surface area contributed by atoms with Crippen molar-refractivity contribution in [2.45, 2.75) is 31.7 Å². The number of urea groups is 1. The van der Waals surface area contributed by atoms with Crippen LogP contribution in [0.25, 0.3) is 0 Å². The van der Waals surface area contributed by atoms with Gasteiger partial charge in [-0.1, -0.05) is 13.0 Å². The number of carbonyl (C=O) groups is 2. The summed E-state index contributed by atoms with van der Waals surface area (Å²) in [5.74, 6) is -1.32. The normalized spacial score (nSPS) is 21.0. The zero-order valence-electron chi connectivity index (χ0n) is 14.2. The Hall–Kier alpha value is -2.13. The zero-order chi connectivity index (χ0) is 18.8. The molecule has 1 saturated heterocycles. The maximum atomic E-state index is 12.3. The monoisotopic (exact) mass is 369 g/mol. The first-order valence-electron chi connectivity index (χ1n) is 7.96. The summed E-state index contributed by atoms with van der Waals surface area (Å²) in [7, 11) is -3.76. The lowest BCUT2D eigenvalue weighted by atomic mass is 9.91. The van der Waals surface area contributed by atoms with Crippen LogP contribution in [0.15, 0.2) is 23.1 Å². The van der Waals surface area contributed by atoms with Crippen LogP contribution < -0.4 is 10.5 Å². The lowest BCUT2D eigenvalue weighted by molar-refractivity contribution is -0.143. The van der Waals surface area contributed by atoms with E-state index in [4.69, 9.17) is 5.14 Å². The molecule has 4 N–H and O–H groups in total. The zero-order valence-corrected chi connectivity index (χ0v) is 15.0. The van der Waals surface area contributed by atoms with Crippen molar-refractivity contribution in [2.75, 3.05) is 13.1 Å². The van der Waals surface area contributed by atoms with Crippen LogP contribution >= 0.6 is 0 Å². The highest BCUT2D eigenvalue weighted by Crippen LogP contribution is 2.22. The first-order valence-corrected chi connectivity index (χ1v) is 9.50. The molecule has 1 aliphatic heterocycles. The molecule has 1 aromatic carbocycles. The summed E-state index contributed by atoms with van der Waals surface area (Å²) in [6, 6.07) is 4.13. The van der Waals surface area contributed by atoms with Crippen LogP contribution in [0.5, 0.6) is 0 Å². The number of aryl methyl sites for hydroxylation is 1. The number of nitrogens with zero attached hydrogens (tertiary/aromatic N) is 1. The van der Waals surface area contributed by atoms with Crippen molar-refractivity contribution >= 4 is 22.0 Å². The van der Waals surface area contributed by atoms with Crippen LogP contribution in [0.4, 0.5) is 4.79 Å². The lowest BCUT2D eigenvalue weighted by Crippen LogP contribution is -2.49. The van der Waals surface area contributed by atoms with Gasteiger partial charge in [-0.2, -0.15) is 0 Å². The molecule has 8 nitrogen and oxygen atoms in total.